The summed E-state index contributed by atoms with van der Waals surface area (Å²) in [5.41, 5.74) is 0. The predicted molar refractivity (Wildman–Crippen MR) is 117 cm³/mol. The molecule has 0 unspecified atom stereocenters. The monoisotopic (exact) mass is 477 g/mol. The van der Waals surface area contributed by atoms with E-state index in [0.29, 0.717) is 54.5 Å². The van der Waals surface area contributed by atoms with Gasteiger partial charge in [0.05, 0.1) is 12.2 Å². The lowest BCUT2D eigenvalue weighted by Crippen LogP contribution is -2.47. The van der Waals surface area contributed by atoms with E-state index in [1.54, 1.807) is 12.1 Å². The summed E-state index contributed by atoms with van der Waals surface area (Å²) >= 11 is 1.16. The molecule has 11 heteroatoms. The van der Waals surface area contributed by atoms with Gasteiger partial charge in [0.1, 0.15) is 4.21 Å². The van der Waals surface area contributed by atoms with E-state index >= 15 is 0 Å². The number of nitrogens with zero attached hydrogens (tertiary/aromatic N) is 2. The van der Waals surface area contributed by atoms with Crippen molar-refractivity contribution in [1.29, 1.82) is 0 Å². The van der Waals surface area contributed by atoms with Gasteiger partial charge in [-0.3, -0.25) is 4.79 Å². The summed E-state index contributed by atoms with van der Waals surface area (Å²) in [6, 6.07) is 3.25. The fourth-order valence-corrected chi connectivity index (χ4v) is 8.49. The Labute approximate surface area is 183 Å². The zero-order valence-electron chi connectivity index (χ0n) is 17.4. The molecule has 1 N–H and O–H groups in total. The highest BCUT2D eigenvalue weighted by Crippen LogP contribution is 2.27. The van der Waals surface area contributed by atoms with Gasteiger partial charge < -0.3 is 5.32 Å². The SMILES string of the molecule is CCCS(=O)(=O)N1CCC(NC(=O)Cc2ccc(S(=O)(=O)N3CCCCC3)s2)CC1. The van der Waals surface area contributed by atoms with Gasteiger partial charge in [-0.1, -0.05) is 13.3 Å². The Bertz CT molecular complexity index is 928. The van der Waals surface area contributed by atoms with E-state index < -0.39 is 20.0 Å². The number of carbonyl (C=O) groups is 1. The first-order valence-electron chi connectivity index (χ1n) is 10.6. The van der Waals surface area contributed by atoms with E-state index in [-0.39, 0.29) is 24.1 Å². The van der Waals surface area contributed by atoms with Crippen molar-refractivity contribution >= 4 is 37.3 Å². The summed E-state index contributed by atoms with van der Waals surface area (Å²) in [6.07, 6.45) is 4.74. The molecule has 2 fully saturated rings. The molecule has 2 saturated heterocycles. The number of nitrogens with one attached hydrogen (secondary N) is 1. The molecule has 1 aromatic heterocycles. The number of amides is 1. The average molecular weight is 478 g/mol. The molecular formula is C19H31N3O5S3. The van der Waals surface area contributed by atoms with Gasteiger partial charge in [-0.25, -0.2) is 21.1 Å². The number of thiophene rings is 1. The van der Waals surface area contributed by atoms with Crippen LogP contribution >= 0.6 is 11.3 Å². The molecule has 0 bridgehead atoms. The second-order valence-corrected chi connectivity index (χ2v) is 13.3. The molecule has 3 heterocycles. The van der Waals surface area contributed by atoms with Crippen molar-refractivity contribution in [2.45, 2.75) is 62.1 Å². The van der Waals surface area contributed by atoms with Crippen LogP contribution in [0.1, 0.15) is 50.3 Å². The molecule has 0 spiro atoms. The zero-order valence-corrected chi connectivity index (χ0v) is 19.8. The fourth-order valence-electron chi connectivity index (χ4n) is 3.93. The van der Waals surface area contributed by atoms with Gasteiger partial charge in [0, 0.05) is 37.1 Å². The van der Waals surface area contributed by atoms with Crippen molar-refractivity contribution in [1.82, 2.24) is 13.9 Å². The summed E-state index contributed by atoms with van der Waals surface area (Å²) in [7, 11) is -6.66. The summed E-state index contributed by atoms with van der Waals surface area (Å²) < 4.78 is 53.1. The van der Waals surface area contributed by atoms with Crippen LogP contribution in [-0.2, 0) is 31.3 Å². The minimum atomic E-state index is -3.47. The van der Waals surface area contributed by atoms with Gasteiger partial charge in [-0.15, -0.1) is 11.3 Å². The van der Waals surface area contributed by atoms with E-state index in [2.05, 4.69) is 5.32 Å². The van der Waals surface area contributed by atoms with Crippen LogP contribution in [0.15, 0.2) is 16.3 Å². The molecule has 2 aliphatic rings. The maximum absolute atomic E-state index is 12.7. The van der Waals surface area contributed by atoms with Crippen LogP contribution < -0.4 is 5.32 Å². The van der Waals surface area contributed by atoms with Crippen LogP contribution in [0.3, 0.4) is 0 Å². The van der Waals surface area contributed by atoms with Crippen molar-refractivity contribution < 1.29 is 21.6 Å². The molecule has 1 amide bonds. The van der Waals surface area contributed by atoms with E-state index in [0.717, 1.165) is 30.6 Å². The minimum Gasteiger partial charge on any atom is -0.353 e. The van der Waals surface area contributed by atoms with E-state index in [1.807, 2.05) is 6.92 Å². The number of carbonyl (C=O) groups excluding carboxylic acids is 1. The highest BCUT2D eigenvalue weighted by Gasteiger charge is 2.29. The van der Waals surface area contributed by atoms with E-state index in [4.69, 9.17) is 0 Å². The molecule has 170 valence electrons. The number of hydrogen-bond donors (Lipinski definition) is 1. The summed E-state index contributed by atoms with van der Waals surface area (Å²) in [5, 5.41) is 2.97. The van der Waals surface area contributed by atoms with E-state index in [9.17, 15) is 21.6 Å². The molecule has 30 heavy (non-hydrogen) atoms. The third-order valence-corrected chi connectivity index (χ3v) is 11.1. The molecule has 2 aliphatic heterocycles. The third kappa shape index (κ3) is 5.82. The molecular weight excluding hydrogens is 446 g/mol. The summed E-state index contributed by atoms with van der Waals surface area (Å²) in [4.78, 5) is 13.1. The van der Waals surface area contributed by atoms with Crippen LogP contribution in [0.25, 0.3) is 0 Å². The van der Waals surface area contributed by atoms with Crippen LogP contribution in [0.5, 0.6) is 0 Å². The number of piperidine rings is 2. The highest BCUT2D eigenvalue weighted by atomic mass is 32.2. The first kappa shape index (κ1) is 23.6. The Kier molecular flexibility index (Phi) is 7.94. The maximum Gasteiger partial charge on any atom is 0.252 e. The molecule has 8 nitrogen and oxygen atoms in total. The second-order valence-electron chi connectivity index (χ2n) is 7.92. The average Bonchev–Trinajstić information content (AvgIpc) is 3.18. The largest absolute Gasteiger partial charge is 0.353 e. The Morgan fingerprint density at radius 2 is 1.70 bits per heavy atom. The van der Waals surface area contributed by atoms with Crippen LogP contribution in [0.2, 0.25) is 0 Å². The van der Waals surface area contributed by atoms with E-state index in [1.165, 1.54) is 8.61 Å². The van der Waals surface area contributed by atoms with Crippen LogP contribution in [0, 0.1) is 0 Å². The standard InChI is InChI=1S/C19H31N3O5S3/c1-2-14-29(24,25)21-12-8-16(9-13-21)20-18(23)15-17-6-7-19(28-17)30(26,27)22-10-4-3-5-11-22/h6-7,16H,2-5,8-15H2,1H3,(H,20,23). The summed E-state index contributed by atoms with van der Waals surface area (Å²) in [5.74, 6) is -0.000860. The lowest BCUT2D eigenvalue weighted by Gasteiger charge is -2.31. The zero-order chi connectivity index (χ0) is 21.8. The first-order valence-corrected chi connectivity index (χ1v) is 14.4. The molecule has 0 aliphatic carbocycles. The molecule has 1 aromatic rings. The topological polar surface area (TPSA) is 104 Å². The molecule has 0 aromatic carbocycles. The maximum atomic E-state index is 12.7. The molecule has 0 radical (unpaired) electrons. The van der Waals surface area contributed by atoms with Crippen molar-refractivity contribution in [3.63, 3.8) is 0 Å². The van der Waals surface area contributed by atoms with Gasteiger partial charge in [0.25, 0.3) is 10.0 Å². The van der Waals surface area contributed by atoms with Crippen molar-refractivity contribution in [2.75, 3.05) is 31.9 Å². The Hall–Kier alpha value is -1.01. The normalized spacial score (nSPS) is 20.3. The van der Waals surface area contributed by atoms with Crippen molar-refractivity contribution in [3.05, 3.63) is 17.0 Å². The number of hydrogen-bond acceptors (Lipinski definition) is 6. The van der Waals surface area contributed by atoms with Gasteiger partial charge >= 0.3 is 0 Å². The Morgan fingerprint density at radius 1 is 1.03 bits per heavy atom. The van der Waals surface area contributed by atoms with Gasteiger partial charge in [0.15, 0.2) is 0 Å². The van der Waals surface area contributed by atoms with Crippen LogP contribution in [-0.4, -0.2) is 69.3 Å². The van der Waals surface area contributed by atoms with Gasteiger partial charge in [-0.2, -0.15) is 4.31 Å². The molecule has 0 atom stereocenters. The quantitative estimate of drug-likeness (QED) is 0.615. The van der Waals surface area contributed by atoms with Crippen molar-refractivity contribution in [3.8, 4) is 0 Å². The lowest BCUT2D eigenvalue weighted by molar-refractivity contribution is -0.121. The Morgan fingerprint density at radius 3 is 2.33 bits per heavy atom. The second kappa shape index (κ2) is 10.1. The number of sulfonamides is 2. The third-order valence-electron chi connectivity index (χ3n) is 5.56. The lowest BCUT2D eigenvalue weighted by atomic mass is 10.1. The molecule has 0 saturated carbocycles. The van der Waals surface area contributed by atoms with Gasteiger partial charge in [-0.05, 0) is 44.2 Å². The van der Waals surface area contributed by atoms with Crippen LogP contribution in [0.4, 0.5) is 0 Å². The summed E-state index contributed by atoms with van der Waals surface area (Å²) in [6.45, 7) is 3.80. The molecule has 3 rings (SSSR count). The Balaban J connectivity index is 1.50. The minimum absolute atomic E-state index is 0.0536. The van der Waals surface area contributed by atoms with Gasteiger partial charge in [0.2, 0.25) is 15.9 Å². The van der Waals surface area contributed by atoms with Crippen molar-refractivity contribution in [2.24, 2.45) is 0 Å². The number of rotatable bonds is 8. The predicted octanol–water partition coefficient (Wildman–Crippen LogP) is 1.79. The first-order chi connectivity index (χ1) is 14.2. The smallest absolute Gasteiger partial charge is 0.252 e. The fraction of sp³-hybridized carbons (Fsp3) is 0.737. The highest BCUT2D eigenvalue weighted by molar-refractivity contribution is 7.91.